The molecule has 1 fully saturated rings. The predicted octanol–water partition coefficient (Wildman–Crippen LogP) is 3.72. The summed E-state index contributed by atoms with van der Waals surface area (Å²) in [5, 5.41) is 11.2. The van der Waals surface area contributed by atoms with Gasteiger partial charge in [-0.05, 0) is 37.5 Å². The lowest BCUT2D eigenvalue weighted by atomic mass is 9.64. The van der Waals surface area contributed by atoms with Gasteiger partial charge in [0.2, 0.25) is 0 Å². The number of aryl methyl sites for hydroxylation is 1. The van der Waals surface area contributed by atoms with Gasteiger partial charge in [-0.3, -0.25) is 9.89 Å². The van der Waals surface area contributed by atoms with Crippen LogP contribution in [0.4, 0.5) is 0 Å². The van der Waals surface area contributed by atoms with Crippen molar-refractivity contribution in [1.82, 2.24) is 15.5 Å². The van der Waals surface area contributed by atoms with Gasteiger partial charge in [-0.25, -0.2) is 0 Å². The molecule has 0 spiro atoms. The van der Waals surface area contributed by atoms with Crippen LogP contribution < -0.4 is 5.32 Å². The second-order valence-electron chi connectivity index (χ2n) is 6.80. The van der Waals surface area contributed by atoms with E-state index in [1.54, 1.807) is 0 Å². The third-order valence-corrected chi connectivity index (χ3v) is 5.22. The van der Waals surface area contributed by atoms with Crippen molar-refractivity contribution in [3.8, 4) is 0 Å². The second kappa shape index (κ2) is 5.78. The summed E-state index contributed by atoms with van der Waals surface area (Å²) in [6.45, 7) is 2.68. The second-order valence-corrected chi connectivity index (χ2v) is 6.80. The van der Waals surface area contributed by atoms with E-state index in [4.69, 9.17) is 0 Å². The van der Waals surface area contributed by atoms with E-state index in [1.807, 2.05) is 31.2 Å². The van der Waals surface area contributed by atoms with E-state index in [1.165, 1.54) is 12.0 Å². The van der Waals surface area contributed by atoms with Crippen LogP contribution in [0.2, 0.25) is 0 Å². The highest BCUT2D eigenvalue weighted by molar-refractivity contribution is 6.04. The van der Waals surface area contributed by atoms with Gasteiger partial charge in [0.1, 0.15) is 0 Å². The molecule has 2 aromatic carbocycles. The first kappa shape index (κ1) is 14.9. The van der Waals surface area contributed by atoms with E-state index in [9.17, 15) is 4.79 Å². The molecule has 3 aromatic rings. The first-order valence-electron chi connectivity index (χ1n) is 8.46. The van der Waals surface area contributed by atoms with Crippen LogP contribution in [0, 0.1) is 6.92 Å². The van der Waals surface area contributed by atoms with E-state index in [2.05, 4.69) is 39.8 Å². The van der Waals surface area contributed by atoms with Crippen molar-refractivity contribution in [2.24, 2.45) is 0 Å². The lowest BCUT2D eigenvalue weighted by Gasteiger charge is -2.42. The minimum absolute atomic E-state index is 0.0823. The van der Waals surface area contributed by atoms with Crippen LogP contribution >= 0.6 is 0 Å². The molecule has 0 radical (unpaired) electrons. The van der Waals surface area contributed by atoms with E-state index < -0.39 is 0 Å². The molecule has 0 unspecified atom stereocenters. The zero-order chi connectivity index (χ0) is 16.6. The number of nitrogens with one attached hydrogen (secondary N) is 2. The Kier molecular flexibility index (Phi) is 3.60. The molecule has 0 saturated heterocycles. The van der Waals surface area contributed by atoms with Crippen molar-refractivity contribution in [3.05, 3.63) is 65.4 Å². The molecule has 24 heavy (non-hydrogen) atoms. The van der Waals surface area contributed by atoms with Crippen molar-refractivity contribution in [2.45, 2.75) is 31.6 Å². The first-order valence-corrected chi connectivity index (χ1v) is 8.46. The number of aromatic nitrogens is 2. The number of hydrogen-bond donors (Lipinski definition) is 2. The highest BCUT2D eigenvalue weighted by atomic mass is 16.1. The van der Waals surface area contributed by atoms with Gasteiger partial charge < -0.3 is 5.32 Å². The first-order chi connectivity index (χ1) is 11.7. The zero-order valence-corrected chi connectivity index (χ0v) is 13.8. The normalized spacial score (nSPS) is 15.9. The number of rotatable bonds is 4. The summed E-state index contributed by atoms with van der Waals surface area (Å²) in [4.78, 5) is 12.7. The quantitative estimate of drug-likeness (QED) is 0.770. The minimum Gasteiger partial charge on any atom is -0.350 e. The Labute approximate surface area is 141 Å². The smallest absolute Gasteiger partial charge is 0.272 e. The minimum atomic E-state index is -0.103. The largest absolute Gasteiger partial charge is 0.350 e. The van der Waals surface area contributed by atoms with E-state index in [-0.39, 0.29) is 11.3 Å². The lowest BCUT2D eigenvalue weighted by molar-refractivity contribution is 0.0924. The van der Waals surface area contributed by atoms with Gasteiger partial charge in [0.05, 0.1) is 5.52 Å². The number of H-pyrrole nitrogens is 1. The number of benzene rings is 2. The maximum absolute atomic E-state index is 12.7. The highest BCUT2D eigenvalue weighted by Gasteiger charge is 2.38. The summed E-state index contributed by atoms with van der Waals surface area (Å²) in [6, 6.07) is 16.5. The Bertz CT molecular complexity index is 878. The highest BCUT2D eigenvalue weighted by Crippen LogP contribution is 2.43. The Hall–Kier alpha value is -2.62. The average Bonchev–Trinajstić information content (AvgIpc) is 2.97. The summed E-state index contributed by atoms with van der Waals surface area (Å²) in [5.74, 6) is -0.103. The standard InChI is InChI=1S/C20H21N3O/c1-14-8-9-17-16(12-14)18(23-22-17)19(24)21-13-20(10-5-11-20)15-6-3-2-4-7-15/h2-4,6-9,12H,5,10-11,13H2,1H3,(H,21,24)(H,22,23). The molecule has 0 aliphatic heterocycles. The van der Waals surface area contributed by atoms with Crippen molar-refractivity contribution in [1.29, 1.82) is 0 Å². The van der Waals surface area contributed by atoms with Crippen LogP contribution in [0.15, 0.2) is 48.5 Å². The van der Waals surface area contributed by atoms with Crippen molar-refractivity contribution in [2.75, 3.05) is 6.54 Å². The summed E-state index contributed by atoms with van der Waals surface area (Å²) in [6.07, 6.45) is 3.46. The van der Waals surface area contributed by atoms with Crippen molar-refractivity contribution in [3.63, 3.8) is 0 Å². The average molecular weight is 319 g/mol. The van der Waals surface area contributed by atoms with Crippen LogP contribution in [-0.2, 0) is 5.41 Å². The van der Waals surface area contributed by atoms with Crippen molar-refractivity contribution < 1.29 is 4.79 Å². The maximum Gasteiger partial charge on any atom is 0.272 e. The van der Waals surface area contributed by atoms with Crippen LogP contribution in [0.25, 0.3) is 10.9 Å². The fourth-order valence-electron chi connectivity index (χ4n) is 3.60. The molecule has 4 rings (SSSR count). The number of carbonyl (C=O) groups excluding carboxylic acids is 1. The molecule has 1 amide bonds. The molecule has 0 bridgehead atoms. The molecule has 4 nitrogen and oxygen atoms in total. The van der Waals surface area contributed by atoms with Gasteiger partial charge in [-0.15, -0.1) is 0 Å². The van der Waals surface area contributed by atoms with Crippen LogP contribution in [0.3, 0.4) is 0 Å². The van der Waals surface area contributed by atoms with Gasteiger partial charge in [-0.2, -0.15) is 5.10 Å². The van der Waals surface area contributed by atoms with Crippen molar-refractivity contribution >= 4 is 16.8 Å². The molecule has 0 atom stereocenters. The molecule has 122 valence electrons. The summed E-state index contributed by atoms with van der Waals surface area (Å²) < 4.78 is 0. The molecule has 2 N–H and O–H groups in total. The fourth-order valence-corrected chi connectivity index (χ4v) is 3.60. The molecule has 1 aliphatic rings. The van der Waals surface area contributed by atoms with E-state index in [0.717, 1.165) is 29.3 Å². The molecular formula is C20H21N3O. The van der Waals surface area contributed by atoms with Gasteiger partial charge in [-0.1, -0.05) is 48.4 Å². The number of hydrogen-bond acceptors (Lipinski definition) is 2. The van der Waals surface area contributed by atoms with Gasteiger partial charge in [0.25, 0.3) is 5.91 Å². The molecule has 1 saturated carbocycles. The third-order valence-electron chi connectivity index (χ3n) is 5.22. The number of fused-ring (bicyclic) bond motifs is 1. The Morgan fingerprint density at radius 3 is 2.71 bits per heavy atom. The molecule has 1 aromatic heterocycles. The van der Waals surface area contributed by atoms with E-state index >= 15 is 0 Å². The molecule has 1 aliphatic carbocycles. The number of carbonyl (C=O) groups is 1. The summed E-state index contributed by atoms with van der Waals surface area (Å²) >= 11 is 0. The fraction of sp³-hybridized carbons (Fsp3) is 0.300. The SMILES string of the molecule is Cc1ccc2[nH]nc(C(=O)NCC3(c4ccccc4)CCC3)c2c1. The van der Waals surface area contributed by atoms with Crippen LogP contribution in [-0.4, -0.2) is 22.6 Å². The number of aromatic amines is 1. The maximum atomic E-state index is 12.7. The summed E-state index contributed by atoms with van der Waals surface area (Å²) in [5.41, 5.74) is 3.90. The molecular weight excluding hydrogens is 298 g/mol. The molecule has 1 heterocycles. The van der Waals surface area contributed by atoms with Gasteiger partial charge >= 0.3 is 0 Å². The molecule has 4 heteroatoms. The topological polar surface area (TPSA) is 57.8 Å². The van der Waals surface area contributed by atoms with Crippen LogP contribution in [0.1, 0.15) is 40.9 Å². The van der Waals surface area contributed by atoms with Crippen LogP contribution in [0.5, 0.6) is 0 Å². The number of amides is 1. The van der Waals surface area contributed by atoms with Gasteiger partial charge in [0, 0.05) is 17.3 Å². The Balaban J connectivity index is 1.55. The zero-order valence-electron chi connectivity index (χ0n) is 13.8. The third kappa shape index (κ3) is 2.48. The Morgan fingerprint density at radius 1 is 1.21 bits per heavy atom. The predicted molar refractivity (Wildman–Crippen MR) is 95.1 cm³/mol. The van der Waals surface area contributed by atoms with E-state index in [0.29, 0.717) is 12.2 Å². The summed E-state index contributed by atoms with van der Waals surface area (Å²) in [7, 11) is 0. The lowest BCUT2D eigenvalue weighted by Crippen LogP contribution is -2.45. The number of nitrogens with zero attached hydrogens (tertiary/aromatic N) is 1. The Morgan fingerprint density at radius 2 is 2.00 bits per heavy atom. The van der Waals surface area contributed by atoms with Gasteiger partial charge in [0.15, 0.2) is 5.69 Å². The monoisotopic (exact) mass is 319 g/mol.